The first-order chi connectivity index (χ1) is 14.8. The summed E-state index contributed by atoms with van der Waals surface area (Å²) in [7, 11) is 0. The third-order valence-corrected chi connectivity index (χ3v) is 6.63. The molecule has 1 atom stereocenters. The summed E-state index contributed by atoms with van der Waals surface area (Å²) in [6, 6.07) is 0. The molecule has 0 amide bonds. The number of hydrogen-bond donors (Lipinski definition) is 2. The lowest BCUT2D eigenvalue weighted by molar-refractivity contribution is 0.00937. The van der Waals surface area contributed by atoms with E-state index >= 15 is 0 Å². The standard InChI is InChI=1S/C23H44N4O3/c1-2-24-22(25-10-6-13-29-17-21-7-14-30-18-21)26-19-23(8-4-3-5-9-23)20-27-11-15-28-16-12-27/h21H,2-20H2,1H3,(H2,24,25,26). The highest BCUT2D eigenvalue weighted by molar-refractivity contribution is 5.79. The zero-order valence-corrected chi connectivity index (χ0v) is 19.1. The van der Waals surface area contributed by atoms with Crippen molar-refractivity contribution in [2.45, 2.75) is 51.9 Å². The van der Waals surface area contributed by atoms with Gasteiger partial charge in [0, 0.05) is 63.8 Å². The fourth-order valence-electron chi connectivity index (χ4n) is 4.84. The number of nitrogens with one attached hydrogen (secondary N) is 2. The minimum Gasteiger partial charge on any atom is -0.381 e. The minimum absolute atomic E-state index is 0.324. The van der Waals surface area contributed by atoms with Crippen molar-refractivity contribution in [3.05, 3.63) is 0 Å². The van der Waals surface area contributed by atoms with E-state index in [1.54, 1.807) is 0 Å². The SMILES string of the molecule is CCNC(=NCC1(CN2CCOCC2)CCCCC1)NCCCOCC1CCOC1. The Balaban J connectivity index is 1.42. The molecular weight excluding hydrogens is 380 g/mol. The summed E-state index contributed by atoms with van der Waals surface area (Å²) in [5.74, 6) is 1.55. The summed E-state index contributed by atoms with van der Waals surface area (Å²) < 4.78 is 16.8. The molecule has 1 unspecified atom stereocenters. The van der Waals surface area contributed by atoms with Crippen LogP contribution >= 0.6 is 0 Å². The average molecular weight is 425 g/mol. The van der Waals surface area contributed by atoms with Crippen molar-refractivity contribution in [1.29, 1.82) is 0 Å². The molecule has 30 heavy (non-hydrogen) atoms. The fraction of sp³-hybridized carbons (Fsp3) is 0.957. The van der Waals surface area contributed by atoms with Crippen LogP contribution < -0.4 is 10.6 Å². The Morgan fingerprint density at radius 3 is 2.67 bits per heavy atom. The van der Waals surface area contributed by atoms with E-state index in [2.05, 4.69) is 22.5 Å². The van der Waals surface area contributed by atoms with Crippen LogP contribution in [-0.2, 0) is 14.2 Å². The molecule has 1 aliphatic carbocycles. The second kappa shape index (κ2) is 13.5. The van der Waals surface area contributed by atoms with Crippen molar-refractivity contribution in [3.8, 4) is 0 Å². The second-order valence-electron chi connectivity index (χ2n) is 9.23. The lowest BCUT2D eigenvalue weighted by Gasteiger charge is -2.41. The molecule has 0 bridgehead atoms. The van der Waals surface area contributed by atoms with Crippen molar-refractivity contribution in [2.24, 2.45) is 16.3 Å². The van der Waals surface area contributed by atoms with Gasteiger partial charge in [0.05, 0.1) is 26.4 Å². The third kappa shape index (κ3) is 8.33. The van der Waals surface area contributed by atoms with E-state index in [1.165, 1.54) is 32.1 Å². The Hall–Kier alpha value is -0.890. The van der Waals surface area contributed by atoms with Crippen molar-refractivity contribution in [3.63, 3.8) is 0 Å². The van der Waals surface area contributed by atoms with Crippen LogP contribution in [0.1, 0.15) is 51.9 Å². The van der Waals surface area contributed by atoms with Crippen LogP contribution in [0.3, 0.4) is 0 Å². The van der Waals surface area contributed by atoms with Crippen LogP contribution in [-0.4, -0.2) is 89.8 Å². The molecule has 3 rings (SSSR count). The predicted octanol–water partition coefficient (Wildman–Crippen LogP) is 2.27. The Morgan fingerprint density at radius 1 is 1.10 bits per heavy atom. The van der Waals surface area contributed by atoms with Gasteiger partial charge in [-0.25, -0.2) is 0 Å². The van der Waals surface area contributed by atoms with Gasteiger partial charge in [-0.2, -0.15) is 0 Å². The summed E-state index contributed by atoms with van der Waals surface area (Å²) in [5.41, 5.74) is 0.324. The summed E-state index contributed by atoms with van der Waals surface area (Å²) in [6.45, 7) is 13.3. The number of rotatable bonds is 11. The normalized spacial score (nSPS) is 25.4. The first-order valence-corrected chi connectivity index (χ1v) is 12.3. The van der Waals surface area contributed by atoms with Gasteiger partial charge in [-0.3, -0.25) is 9.89 Å². The molecule has 3 fully saturated rings. The summed E-state index contributed by atoms with van der Waals surface area (Å²) in [4.78, 5) is 7.63. The van der Waals surface area contributed by atoms with Gasteiger partial charge in [-0.15, -0.1) is 0 Å². The van der Waals surface area contributed by atoms with Gasteiger partial charge in [0.2, 0.25) is 0 Å². The quantitative estimate of drug-likeness (QED) is 0.301. The number of aliphatic imine (C=N–C) groups is 1. The first-order valence-electron chi connectivity index (χ1n) is 12.3. The molecule has 3 aliphatic rings. The Morgan fingerprint density at radius 2 is 1.93 bits per heavy atom. The van der Waals surface area contributed by atoms with E-state index in [9.17, 15) is 0 Å². The van der Waals surface area contributed by atoms with Crippen LogP contribution in [0.15, 0.2) is 4.99 Å². The topological polar surface area (TPSA) is 67.4 Å². The van der Waals surface area contributed by atoms with Gasteiger partial charge in [0.15, 0.2) is 5.96 Å². The van der Waals surface area contributed by atoms with Crippen molar-refractivity contribution in [2.75, 3.05) is 78.9 Å². The first kappa shape index (κ1) is 23.8. The van der Waals surface area contributed by atoms with Gasteiger partial charge < -0.3 is 24.8 Å². The van der Waals surface area contributed by atoms with E-state index in [0.29, 0.717) is 11.3 Å². The highest BCUT2D eigenvalue weighted by Gasteiger charge is 2.34. The third-order valence-electron chi connectivity index (χ3n) is 6.63. The number of guanidine groups is 1. The van der Waals surface area contributed by atoms with Crippen molar-refractivity contribution < 1.29 is 14.2 Å². The Labute approximate surface area is 183 Å². The zero-order valence-electron chi connectivity index (χ0n) is 19.1. The van der Waals surface area contributed by atoms with Gasteiger partial charge >= 0.3 is 0 Å². The number of ether oxygens (including phenoxy) is 3. The maximum absolute atomic E-state index is 5.82. The van der Waals surface area contributed by atoms with Crippen molar-refractivity contribution in [1.82, 2.24) is 15.5 Å². The monoisotopic (exact) mass is 424 g/mol. The lowest BCUT2D eigenvalue weighted by Crippen LogP contribution is -2.46. The Bertz CT molecular complexity index is 485. The molecule has 2 aliphatic heterocycles. The lowest BCUT2D eigenvalue weighted by atomic mass is 9.73. The molecule has 2 N–H and O–H groups in total. The van der Waals surface area contributed by atoms with Gasteiger partial charge in [-0.1, -0.05) is 19.3 Å². The Kier molecular flexibility index (Phi) is 10.7. The summed E-state index contributed by atoms with van der Waals surface area (Å²) >= 11 is 0. The molecule has 2 saturated heterocycles. The number of nitrogens with zero attached hydrogens (tertiary/aromatic N) is 2. The fourth-order valence-corrected chi connectivity index (χ4v) is 4.84. The number of hydrogen-bond acceptors (Lipinski definition) is 5. The zero-order chi connectivity index (χ0) is 20.9. The molecule has 0 radical (unpaired) electrons. The molecule has 7 heteroatoms. The number of morpholine rings is 1. The van der Waals surface area contributed by atoms with E-state index in [-0.39, 0.29) is 0 Å². The average Bonchev–Trinajstić information content (AvgIpc) is 3.29. The van der Waals surface area contributed by atoms with Crippen LogP contribution in [0.25, 0.3) is 0 Å². The summed E-state index contributed by atoms with van der Waals surface area (Å²) in [5, 5.41) is 6.94. The molecule has 1 saturated carbocycles. The summed E-state index contributed by atoms with van der Waals surface area (Å²) in [6.07, 6.45) is 8.79. The van der Waals surface area contributed by atoms with E-state index in [0.717, 1.165) is 97.7 Å². The van der Waals surface area contributed by atoms with Crippen LogP contribution in [0.4, 0.5) is 0 Å². The molecule has 0 aromatic heterocycles. The smallest absolute Gasteiger partial charge is 0.191 e. The molecule has 0 aromatic carbocycles. The van der Waals surface area contributed by atoms with Crippen LogP contribution in [0, 0.1) is 11.3 Å². The van der Waals surface area contributed by atoms with Gasteiger partial charge in [0.1, 0.15) is 0 Å². The van der Waals surface area contributed by atoms with E-state index in [1.807, 2.05) is 0 Å². The van der Waals surface area contributed by atoms with Gasteiger partial charge in [0.25, 0.3) is 0 Å². The largest absolute Gasteiger partial charge is 0.381 e. The maximum atomic E-state index is 5.82. The molecule has 7 nitrogen and oxygen atoms in total. The molecule has 174 valence electrons. The molecule has 0 aromatic rings. The van der Waals surface area contributed by atoms with Crippen LogP contribution in [0.2, 0.25) is 0 Å². The highest BCUT2D eigenvalue weighted by atomic mass is 16.5. The highest BCUT2D eigenvalue weighted by Crippen LogP contribution is 2.37. The molecule has 0 spiro atoms. The van der Waals surface area contributed by atoms with Crippen molar-refractivity contribution >= 4 is 5.96 Å². The second-order valence-corrected chi connectivity index (χ2v) is 9.23. The van der Waals surface area contributed by atoms with E-state index in [4.69, 9.17) is 19.2 Å². The predicted molar refractivity (Wildman–Crippen MR) is 121 cm³/mol. The van der Waals surface area contributed by atoms with Crippen LogP contribution in [0.5, 0.6) is 0 Å². The van der Waals surface area contributed by atoms with E-state index < -0.39 is 0 Å². The maximum Gasteiger partial charge on any atom is 0.191 e. The van der Waals surface area contributed by atoms with Gasteiger partial charge in [-0.05, 0) is 32.6 Å². The molecular formula is C23H44N4O3. The molecule has 2 heterocycles. The minimum atomic E-state index is 0.324.